The van der Waals surface area contributed by atoms with Gasteiger partial charge in [-0.25, -0.2) is 0 Å². The van der Waals surface area contributed by atoms with Crippen molar-refractivity contribution in [2.75, 3.05) is 32.7 Å². The molecule has 1 N–H and O–H groups in total. The van der Waals surface area contributed by atoms with Gasteiger partial charge in [0.05, 0.1) is 12.8 Å². The lowest BCUT2D eigenvalue weighted by Gasteiger charge is -2.34. The van der Waals surface area contributed by atoms with Crippen LogP contribution in [0.4, 0.5) is 0 Å². The van der Waals surface area contributed by atoms with Gasteiger partial charge >= 0.3 is 0 Å². The first-order valence-electron chi connectivity index (χ1n) is 9.52. The Morgan fingerprint density at radius 1 is 1.11 bits per heavy atom. The molecular weight excluding hydrogens is 342 g/mol. The molecule has 6 nitrogen and oxygen atoms in total. The third-order valence-corrected chi connectivity index (χ3v) is 4.99. The molecule has 0 radical (unpaired) electrons. The highest BCUT2D eigenvalue weighted by Gasteiger charge is 2.27. The smallest absolute Gasteiger partial charge is 0.290 e. The number of hydrogen-bond donors (Lipinski definition) is 1. The van der Waals surface area contributed by atoms with Crippen molar-refractivity contribution in [3.63, 3.8) is 0 Å². The summed E-state index contributed by atoms with van der Waals surface area (Å²) < 4.78 is 5.51. The maximum Gasteiger partial charge on any atom is 0.290 e. The molecule has 1 aliphatic rings. The Hall–Kier alpha value is -2.60. The lowest BCUT2D eigenvalue weighted by molar-refractivity contribution is -0.123. The number of carbonyl (C=O) groups is 2. The molecule has 2 heterocycles. The summed E-state index contributed by atoms with van der Waals surface area (Å²) in [6.45, 7) is 6.97. The van der Waals surface area contributed by atoms with Gasteiger partial charge in [0, 0.05) is 37.8 Å². The minimum absolute atomic E-state index is 0.0431. The highest BCUT2D eigenvalue weighted by Crippen LogP contribution is 2.26. The fourth-order valence-corrected chi connectivity index (χ4v) is 3.20. The number of nitrogens with zero attached hydrogens (tertiary/aromatic N) is 2. The molecule has 2 amide bonds. The summed E-state index contributed by atoms with van der Waals surface area (Å²) in [5.41, 5.74) is 1.78. The van der Waals surface area contributed by atoms with Crippen LogP contribution in [-0.2, 0) is 4.79 Å². The Morgan fingerprint density at radius 2 is 1.81 bits per heavy atom. The van der Waals surface area contributed by atoms with E-state index in [2.05, 4.69) is 10.2 Å². The number of benzene rings is 1. The molecule has 1 atom stereocenters. The van der Waals surface area contributed by atoms with Gasteiger partial charge < -0.3 is 14.6 Å². The summed E-state index contributed by atoms with van der Waals surface area (Å²) in [6, 6.07) is 11.8. The molecule has 0 aliphatic carbocycles. The average Bonchev–Trinajstić information content (AvgIpc) is 3.18. The van der Waals surface area contributed by atoms with Crippen molar-refractivity contribution in [3.8, 4) is 11.1 Å². The van der Waals surface area contributed by atoms with E-state index in [0.717, 1.165) is 17.5 Å². The Bertz CT molecular complexity index is 764. The van der Waals surface area contributed by atoms with Crippen molar-refractivity contribution < 1.29 is 14.0 Å². The molecule has 3 rings (SSSR count). The van der Waals surface area contributed by atoms with E-state index in [1.807, 2.05) is 50.2 Å². The zero-order valence-corrected chi connectivity index (χ0v) is 16.0. The van der Waals surface area contributed by atoms with E-state index >= 15 is 0 Å². The van der Waals surface area contributed by atoms with Gasteiger partial charge in [-0.1, -0.05) is 37.3 Å². The SMILES string of the molecule is CC[C@@H](C)NC(=O)CN1CCN(C(=O)c2occc2-c2ccccc2)CC1. The van der Waals surface area contributed by atoms with Gasteiger partial charge in [-0.2, -0.15) is 0 Å². The Morgan fingerprint density at radius 3 is 2.48 bits per heavy atom. The van der Waals surface area contributed by atoms with Crippen molar-refractivity contribution in [1.82, 2.24) is 15.1 Å². The maximum atomic E-state index is 12.9. The monoisotopic (exact) mass is 369 g/mol. The van der Waals surface area contributed by atoms with Crippen LogP contribution in [0.3, 0.4) is 0 Å². The molecule has 6 heteroatoms. The summed E-state index contributed by atoms with van der Waals surface area (Å²) >= 11 is 0. The summed E-state index contributed by atoms with van der Waals surface area (Å²) in [7, 11) is 0. The van der Waals surface area contributed by atoms with Gasteiger partial charge in [0.2, 0.25) is 5.91 Å². The number of furan rings is 1. The number of nitrogens with one attached hydrogen (secondary N) is 1. The van der Waals surface area contributed by atoms with Crippen LogP contribution in [0.25, 0.3) is 11.1 Å². The second-order valence-corrected chi connectivity index (χ2v) is 6.97. The molecular formula is C21H27N3O3. The molecule has 0 spiro atoms. The fraction of sp³-hybridized carbons (Fsp3) is 0.429. The average molecular weight is 369 g/mol. The van der Waals surface area contributed by atoms with E-state index in [1.165, 1.54) is 0 Å². The molecule has 0 unspecified atom stereocenters. The van der Waals surface area contributed by atoms with Crippen molar-refractivity contribution >= 4 is 11.8 Å². The number of piperazine rings is 1. The van der Waals surface area contributed by atoms with Crippen LogP contribution >= 0.6 is 0 Å². The van der Waals surface area contributed by atoms with Crippen molar-refractivity contribution in [3.05, 3.63) is 48.4 Å². The Labute approximate surface area is 160 Å². The van der Waals surface area contributed by atoms with Crippen LogP contribution in [-0.4, -0.2) is 60.4 Å². The normalized spacial score (nSPS) is 16.1. The molecule has 0 bridgehead atoms. The first kappa shape index (κ1) is 19.2. The quantitative estimate of drug-likeness (QED) is 0.850. The van der Waals surface area contributed by atoms with Crippen LogP contribution < -0.4 is 5.32 Å². The van der Waals surface area contributed by atoms with Crippen molar-refractivity contribution in [1.29, 1.82) is 0 Å². The number of carbonyl (C=O) groups excluding carboxylic acids is 2. The highest BCUT2D eigenvalue weighted by molar-refractivity contribution is 5.98. The topological polar surface area (TPSA) is 65.8 Å². The predicted octanol–water partition coefficient (Wildman–Crippen LogP) is 2.62. The minimum atomic E-state index is -0.0949. The second kappa shape index (κ2) is 8.86. The molecule has 1 aromatic carbocycles. The van der Waals surface area contributed by atoms with Crippen molar-refractivity contribution in [2.45, 2.75) is 26.3 Å². The molecule has 144 valence electrons. The number of hydrogen-bond acceptors (Lipinski definition) is 4. The van der Waals surface area contributed by atoms with E-state index in [-0.39, 0.29) is 17.9 Å². The molecule has 0 saturated carbocycles. The van der Waals surface area contributed by atoms with Crippen LogP contribution in [0.15, 0.2) is 47.1 Å². The first-order valence-corrected chi connectivity index (χ1v) is 9.52. The van der Waals surface area contributed by atoms with Gasteiger partial charge in [0.25, 0.3) is 5.91 Å². The predicted molar refractivity (Wildman–Crippen MR) is 104 cm³/mol. The van der Waals surface area contributed by atoms with E-state index in [1.54, 1.807) is 11.2 Å². The Balaban J connectivity index is 1.57. The molecule has 1 fully saturated rings. The van der Waals surface area contributed by atoms with Crippen LogP contribution in [0.5, 0.6) is 0 Å². The third kappa shape index (κ3) is 4.77. The van der Waals surface area contributed by atoms with Crippen LogP contribution in [0.2, 0.25) is 0 Å². The molecule has 27 heavy (non-hydrogen) atoms. The number of rotatable bonds is 6. The zero-order valence-electron chi connectivity index (χ0n) is 16.0. The maximum absolute atomic E-state index is 12.9. The summed E-state index contributed by atoms with van der Waals surface area (Å²) in [4.78, 5) is 28.8. The van der Waals surface area contributed by atoms with Crippen molar-refractivity contribution in [2.24, 2.45) is 0 Å². The molecule has 2 aromatic rings. The van der Waals surface area contributed by atoms with E-state index in [4.69, 9.17) is 4.42 Å². The van der Waals surface area contributed by atoms with E-state index < -0.39 is 0 Å². The van der Waals surface area contributed by atoms with Crippen LogP contribution in [0.1, 0.15) is 30.8 Å². The van der Waals surface area contributed by atoms with Gasteiger partial charge in [-0.15, -0.1) is 0 Å². The second-order valence-electron chi connectivity index (χ2n) is 6.97. The molecule has 1 saturated heterocycles. The molecule has 1 aromatic heterocycles. The largest absolute Gasteiger partial charge is 0.459 e. The van der Waals surface area contributed by atoms with Gasteiger partial charge in [0.1, 0.15) is 0 Å². The standard InChI is InChI=1S/C21H27N3O3/c1-3-16(2)22-19(25)15-23-10-12-24(13-11-23)21(26)20-18(9-14-27-20)17-7-5-4-6-8-17/h4-9,14,16H,3,10-13,15H2,1-2H3,(H,22,25)/t16-/m1/s1. The van der Waals surface area contributed by atoms with Crippen LogP contribution in [0, 0.1) is 0 Å². The van der Waals surface area contributed by atoms with E-state index in [0.29, 0.717) is 38.5 Å². The number of amides is 2. The summed E-state index contributed by atoms with van der Waals surface area (Å²) in [6.07, 6.45) is 2.48. The summed E-state index contributed by atoms with van der Waals surface area (Å²) in [5, 5.41) is 2.98. The van der Waals surface area contributed by atoms with Gasteiger partial charge in [-0.3, -0.25) is 14.5 Å². The van der Waals surface area contributed by atoms with Gasteiger partial charge in [-0.05, 0) is 25.0 Å². The minimum Gasteiger partial charge on any atom is -0.459 e. The zero-order chi connectivity index (χ0) is 19.2. The lowest BCUT2D eigenvalue weighted by Crippen LogP contribution is -2.51. The first-order chi connectivity index (χ1) is 13.1. The fourth-order valence-electron chi connectivity index (χ4n) is 3.20. The lowest BCUT2D eigenvalue weighted by atomic mass is 10.1. The third-order valence-electron chi connectivity index (χ3n) is 4.99. The molecule has 1 aliphatic heterocycles. The van der Waals surface area contributed by atoms with E-state index in [9.17, 15) is 9.59 Å². The highest BCUT2D eigenvalue weighted by atomic mass is 16.3. The Kier molecular flexibility index (Phi) is 6.29. The summed E-state index contributed by atoms with van der Waals surface area (Å²) in [5.74, 6) is 0.327. The van der Waals surface area contributed by atoms with Gasteiger partial charge in [0.15, 0.2) is 5.76 Å².